The second-order valence-corrected chi connectivity index (χ2v) is 4.87. The van der Waals surface area contributed by atoms with E-state index in [1.165, 1.54) is 24.4 Å². The fourth-order valence-electron chi connectivity index (χ4n) is 2.06. The molecule has 6 nitrogen and oxygen atoms in total. The summed E-state index contributed by atoms with van der Waals surface area (Å²) < 4.78 is 0. The van der Waals surface area contributed by atoms with Crippen LogP contribution < -0.4 is 5.01 Å². The number of nitrogens with zero attached hydrogens (tertiary/aromatic N) is 3. The van der Waals surface area contributed by atoms with Gasteiger partial charge in [0.15, 0.2) is 5.82 Å². The number of amides is 1. The van der Waals surface area contributed by atoms with Gasteiger partial charge in [-0.3, -0.25) is 4.79 Å². The van der Waals surface area contributed by atoms with Gasteiger partial charge in [0.25, 0.3) is 5.91 Å². The highest BCUT2D eigenvalue weighted by molar-refractivity contribution is 6.30. The summed E-state index contributed by atoms with van der Waals surface area (Å²) >= 11 is 5.75. The third-order valence-electron chi connectivity index (χ3n) is 3.01. The number of hydrogen-bond donors (Lipinski definition) is 2. The van der Waals surface area contributed by atoms with Gasteiger partial charge in [-0.2, -0.15) is 10.1 Å². The van der Waals surface area contributed by atoms with Gasteiger partial charge in [0.2, 0.25) is 0 Å². The van der Waals surface area contributed by atoms with E-state index in [9.17, 15) is 15.0 Å². The number of halogens is 1. The molecule has 0 bridgehead atoms. The smallest absolute Gasteiger partial charge is 0.254 e. The quantitative estimate of drug-likeness (QED) is 0.891. The van der Waals surface area contributed by atoms with Crippen LogP contribution in [-0.4, -0.2) is 26.8 Å². The van der Waals surface area contributed by atoms with E-state index < -0.39 is 0 Å². The van der Waals surface area contributed by atoms with Crippen molar-refractivity contribution in [3.8, 4) is 11.5 Å². The molecule has 2 heterocycles. The van der Waals surface area contributed by atoms with Crippen LogP contribution in [0.5, 0.6) is 11.5 Å². The maximum atomic E-state index is 12.0. The molecule has 3 rings (SSSR count). The highest BCUT2D eigenvalue weighted by Crippen LogP contribution is 2.31. The first-order chi connectivity index (χ1) is 10.1. The Kier molecular flexibility index (Phi) is 3.23. The minimum atomic E-state index is -0.303. The van der Waals surface area contributed by atoms with Crippen LogP contribution in [0, 0.1) is 0 Å². The zero-order chi connectivity index (χ0) is 15.0. The summed E-state index contributed by atoms with van der Waals surface area (Å²) in [6.45, 7) is 0. The van der Waals surface area contributed by atoms with Gasteiger partial charge < -0.3 is 10.2 Å². The zero-order valence-corrected chi connectivity index (χ0v) is 11.4. The van der Waals surface area contributed by atoms with Crippen LogP contribution >= 0.6 is 11.6 Å². The molecule has 1 aromatic heterocycles. The van der Waals surface area contributed by atoms with Crippen molar-refractivity contribution >= 4 is 29.0 Å². The van der Waals surface area contributed by atoms with Crippen LogP contribution in [0.4, 0.5) is 5.82 Å². The molecular weight excluding hydrogens is 294 g/mol. The maximum absolute atomic E-state index is 12.0. The SMILES string of the molecule is O=C1CC(c2c(O)cccc2O)=NN1c1ccc(Cl)cn1. The van der Waals surface area contributed by atoms with E-state index >= 15 is 0 Å². The third kappa shape index (κ3) is 2.41. The molecule has 0 atom stereocenters. The topological polar surface area (TPSA) is 86.0 Å². The summed E-state index contributed by atoms with van der Waals surface area (Å²) in [7, 11) is 0. The highest BCUT2D eigenvalue weighted by atomic mass is 35.5. The standard InChI is InChI=1S/C14H10ClN3O3/c15-8-4-5-12(16-7-8)18-13(21)6-9(17-18)14-10(19)2-1-3-11(14)20/h1-5,7,19-20H,6H2. The summed E-state index contributed by atoms with van der Waals surface area (Å²) in [6.07, 6.45) is 1.38. The Balaban J connectivity index is 2.01. The van der Waals surface area contributed by atoms with Crippen LogP contribution in [0.3, 0.4) is 0 Å². The molecule has 1 aliphatic heterocycles. The number of hydrazone groups is 1. The number of carbonyl (C=O) groups excluding carboxylic acids is 1. The Bertz CT molecular complexity index is 723. The van der Waals surface area contributed by atoms with Crippen molar-refractivity contribution < 1.29 is 15.0 Å². The molecule has 106 valence electrons. The summed E-state index contributed by atoms with van der Waals surface area (Å²) in [6, 6.07) is 7.51. The van der Waals surface area contributed by atoms with Gasteiger partial charge in [-0.1, -0.05) is 17.7 Å². The summed E-state index contributed by atoms with van der Waals surface area (Å²) in [5.74, 6) is -0.239. The average molecular weight is 304 g/mol. The van der Waals surface area contributed by atoms with Crippen molar-refractivity contribution in [3.63, 3.8) is 0 Å². The molecule has 0 saturated carbocycles. The molecule has 0 fully saturated rings. The predicted molar refractivity (Wildman–Crippen MR) is 77.7 cm³/mol. The maximum Gasteiger partial charge on any atom is 0.254 e. The lowest BCUT2D eigenvalue weighted by Crippen LogP contribution is -2.20. The number of rotatable bonds is 2. The van der Waals surface area contributed by atoms with E-state index in [1.54, 1.807) is 12.1 Å². The first-order valence-corrected chi connectivity index (χ1v) is 6.47. The number of aromatic nitrogens is 1. The van der Waals surface area contributed by atoms with Crippen LogP contribution in [0.1, 0.15) is 12.0 Å². The fraction of sp³-hybridized carbons (Fsp3) is 0.0714. The number of benzene rings is 1. The molecule has 1 aliphatic rings. The molecule has 0 aliphatic carbocycles. The minimum Gasteiger partial charge on any atom is -0.507 e. The van der Waals surface area contributed by atoms with Crippen LogP contribution in [-0.2, 0) is 4.79 Å². The Morgan fingerprint density at radius 3 is 2.48 bits per heavy atom. The Hall–Kier alpha value is -2.60. The monoisotopic (exact) mass is 303 g/mol. The largest absolute Gasteiger partial charge is 0.507 e. The van der Waals surface area contributed by atoms with Crippen molar-refractivity contribution in [2.45, 2.75) is 6.42 Å². The molecule has 1 amide bonds. The third-order valence-corrected chi connectivity index (χ3v) is 3.24. The van der Waals surface area contributed by atoms with E-state index in [0.717, 1.165) is 5.01 Å². The highest BCUT2D eigenvalue weighted by Gasteiger charge is 2.29. The summed E-state index contributed by atoms with van der Waals surface area (Å²) in [5, 5.41) is 25.4. The van der Waals surface area contributed by atoms with Crippen LogP contribution in [0.15, 0.2) is 41.6 Å². The Labute approximate surface area is 124 Å². The van der Waals surface area contributed by atoms with Gasteiger partial charge in [-0.25, -0.2) is 4.98 Å². The Morgan fingerprint density at radius 1 is 1.14 bits per heavy atom. The van der Waals surface area contributed by atoms with Crippen molar-refractivity contribution in [2.75, 3.05) is 5.01 Å². The van der Waals surface area contributed by atoms with Crippen LogP contribution in [0.2, 0.25) is 5.02 Å². The molecule has 0 unspecified atom stereocenters. The molecule has 0 radical (unpaired) electrons. The lowest BCUT2D eigenvalue weighted by atomic mass is 10.1. The van der Waals surface area contributed by atoms with Crippen molar-refractivity contribution in [3.05, 3.63) is 47.1 Å². The predicted octanol–water partition coefficient (Wildman–Crippen LogP) is 2.29. The van der Waals surface area contributed by atoms with Crippen molar-refractivity contribution in [2.24, 2.45) is 5.10 Å². The molecule has 2 N–H and O–H groups in total. The number of phenols is 2. The lowest BCUT2D eigenvalue weighted by Gasteiger charge is -2.09. The van der Waals surface area contributed by atoms with E-state index in [2.05, 4.69) is 10.1 Å². The van der Waals surface area contributed by atoms with E-state index in [-0.39, 0.29) is 35.1 Å². The zero-order valence-electron chi connectivity index (χ0n) is 10.7. The van der Waals surface area contributed by atoms with Gasteiger partial charge >= 0.3 is 0 Å². The van der Waals surface area contributed by atoms with Gasteiger partial charge in [0.05, 0.1) is 22.7 Å². The van der Waals surface area contributed by atoms with Crippen molar-refractivity contribution in [1.82, 2.24) is 4.98 Å². The average Bonchev–Trinajstić information content (AvgIpc) is 2.81. The number of phenolic OH excluding ortho intramolecular Hbond substituents is 2. The number of aromatic hydroxyl groups is 2. The minimum absolute atomic E-state index is 0.0323. The summed E-state index contributed by atoms with van der Waals surface area (Å²) in [5.41, 5.74) is 0.440. The summed E-state index contributed by atoms with van der Waals surface area (Å²) in [4.78, 5) is 16.1. The first-order valence-electron chi connectivity index (χ1n) is 6.09. The molecule has 2 aromatic rings. The normalized spacial score (nSPS) is 14.4. The van der Waals surface area contributed by atoms with Gasteiger partial charge in [0.1, 0.15) is 11.5 Å². The number of carbonyl (C=O) groups is 1. The van der Waals surface area contributed by atoms with E-state index in [1.807, 2.05) is 0 Å². The molecule has 21 heavy (non-hydrogen) atoms. The molecule has 1 aromatic carbocycles. The number of hydrogen-bond acceptors (Lipinski definition) is 5. The first kappa shape index (κ1) is 13.4. The van der Waals surface area contributed by atoms with Gasteiger partial charge in [-0.05, 0) is 24.3 Å². The number of anilines is 1. The number of pyridine rings is 1. The molecule has 7 heteroatoms. The second kappa shape index (κ2) is 5.06. The molecule has 0 spiro atoms. The van der Waals surface area contributed by atoms with Crippen LogP contribution in [0.25, 0.3) is 0 Å². The van der Waals surface area contributed by atoms with Gasteiger partial charge in [0, 0.05) is 6.20 Å². The van der Waals surface area contributed by atoms with Crippen molar-refractivity contribution in [1.29, 1.82) is 0 Å². The van der Waals surface area contributed by atoms with Gasteiger partial charge in [-0.15, -0.1) is 0 Å². The van der Waals surface area contributed by atoms with E-state index in [4.69, 9.17) is 11.6 Å². The fourth-order valence-corrected chi connectivity index (χ4v) is 2.18. The Morgan fingerprint density at radius 2 is 1.86 bits per heavy atom. The molecular formula is C14H10ClN3O3. The van der Waals surface area contributed by atoms with E-state index in [0.29, 0.717) is 10.8 Å². The second-order valence-electron chi connectivity index (χ2n) is 4.43. The lowest BCUT2D eigenvalue weighted by molar-refractivity contribution is -0.116. The molecule has 0 saturated heterocycles.